The van der Waals surface area contributed by atoms with Crippen LogP contribution in [0.3, 0.4) is 0 Å². The van der Waals surface area contributed by atoms with Gasteiger partial charge in [0.25, 0.3) is 5.56 Å². The molecule has 9 heteroatoms. The molecule has 0 aliphatic carbocycles. The van der Waals surface area contributed by atoms with Crippen molar-refractivity contribution in [2.45, 2.75) is 12.6 Å². The van der Waals surface area contributed by atoms with Gasteiger partial charge < -0.3 is 5.32 Å². The highest BCUT2D eigenvalue weighted by molar-refractivity contribution is 5.98. The Morgan fingerprint density at radius 1 is 1.03 bits per heavy atom. The molecule has 1 atom stereocenters. The zero-order chi connectivity index (χ0) is 21.0. The molecule has 1 aromatic carbocycles. The summed E-state index contributed by atoms with van der Waals surface area (Å²) < 4.78 is 53.0. The number of benzene rings is 1. The summed E-state index contributed by atoms with van der Waals surface area (Å²) in [5, 5.41) is 3.08. The molecule has 2 aromatic heterocycles. The first-order valence-electron chi connectivity index (χ1n) is 8.50. The van der Waals surface area contributed by atoms with Crippen LogP contribution < -0.4 is 10.9 Å². The predicted molar refractivity (Wildman–Crippen MR) is 100.0 cm³/mol. The number of rotatable bonds is 5. The Morgan fingerprint density at radius 3 is 2.31 bits per heavy atom. The molecule has 1 N–H and O–H groups in total. The lowest BCUT2D eigenvalue weighted by atomic mass is 9.99. The van der Waals surface area contributed by atoms with Crippen molar-refractivity contribution in [2.24, 2.45) is 4.99 Å². The maximum absolute atomic E-state index is 13.3. The average Bonchev–Trinajstić information content (AvgIpc) is 2.71. The quantitative estimate of drug-likeness (QED) is 0.306. The zero-order valence-electron chi connectivity index (χ0n) is 15.2. The van der Waals surface area contributed by atoms with Crippen LogP contribution in [0.5, 0.6) is 0 Å². The summed E-state index contributed by atoms with van der Waals surface area (Å²) >= 11 is 0. The molecule has 0 radical (unpaired) electrons. The van der Waals surface area contributed by atoms with Crippen LogP contribution in [-0.2, 0) is 0 Å². The van der Waals surface area contributed by atoms with Crippen LogP contribution in [-0.4, -0.2) is 22.4 Å². The van der Waals surface area contributed by atoms with E-state index in [1.165, 1.54) is 55.7 Å². The van der Waals surface area contributed by atoms with Crippen LogP contribution in [0.15, 0.2) is 70.7 Å². The number of pyridine rings is 2. The summed E-state index contributed by atoms with van der Waals surface area (Å²) in [6.45, 7) is -3.00. The standard InChI is InChI=1S/C20H16F4N4O/c1-25-19(14-5-9-17(29)28(11-14)20(23)24)27-18(12-2-6-15(21)7-3-12)13-4-8-16(22)26-10-13/h2-11,18,20H,1H3,(H,25,27). The normalized spacial score (nSPS) is 12.8. The van der Waals surface area contributed by atoms with Gasteiger partial charge in [-0.25, -0.2) is 9.37 Å². The fourth-order valence-electron chi connectivity index (χ4n) is 2.78. The molecule has 2 heterocycles. The van der Waals surface area contributed by atoms with Crippen LogP contribution >= 0.6 is 0 Å². The zero-order valence-corrected chi connectivity index (χ0v) is 15.2. The van der Waals surface area contributed by atoms with Crippen LogP contribution in [0.2, 0.25) is 0 Å². The number of aromatic nitrogens is 2. The summed E-state index contributed by atoms with van der Waals surface area (Å²) in [6, 6.07) is 10.0. The molecule has 0 aliphatic heterocycles. The van der Waals surface area contributed by atoms with Gasteiger partial charge in [-0.3, -0.25) is 14.4 Å². The predicted octanol–water partition coefficient (Wildman–Crippen LogP) is 3.67. The third-order valence-corrected chi connectivity index (χ3v) is 4.21. The SMILES string of the molecule is CN=C(NC(c1ccc(F)cc1)c1ccc(F)nc1)c1ccc(=O)n(C(F)F)c1. The maximum atomic E-state index is 13.3. The third kappa shape index (κ3) is 4.68. The highest BCUT2D eigenvalue weighted by Crippen LogP contribution is 2.23. The van der Waals surface area contributed by atoms with Gasteiger partial charge in [0.2, 0.25) is 5.95 Å². The molecule has 3 rings (SSSR count). The lowest BCUT2D eigenvalue weighted by molar-refractivity contribution is 0.0663. The number of hydrogen-bond acceptors (Lipinski definition) is 3. The molecule has 1 unspecified atom stereocenters. The van der Waals surface area contributed by atoms with Gasteiger partial charge in [-0.2, -0.15) is 13.2 Å². The smallest absolute Gasteiger partial charge is 0.321 e. The molecule has 29 heavy (non-hydrogen) atoms. The van der Waals surface area contributed by atoms with E-state index in [9.17, 15) is 22.4 Å². The van der Waals surface area contributed by atoms with Gasteiger partial charge in [0.05, 0.1) is 6.04 Å². The minimum absolute atomic E-state index is 0.207. The highest BCUT2D eigenvalue weighted by atomic mass is 19.3. The van der Waals surface area contributed by atoms with E-state index in [0.29, 0.717) is 11.1 Å². The topological polar surface area (TPSA) is 59.3 Å². The Morgan fingerprint density at radius 2 is 1.72 bits per heavy atom. The minimum atomic E-state index is -3.00. The van der Waals surface area contributed by atoms with Crippen molar-refractivity contribution < 1.29 is 17.6 Å². The van der Waals surface area contributed by atoms with E-state index in [4.69, 9.17) is 0 Å². The first-order valence-corrected chi connectivity index (χ1v) is 8.50. The highest BCUT2D eigenvalue weighted by Gasteiger charge is 2.19. The average molecular weight is 404 g/mol. The summed E-state index contributed by atoms with van der Waals surface area (Å²) in [4.78, 5) is 19.3. The van der Waals surface area contributed by atoms with E-state index >= 15 is 0 Å². The molecule has 150 valence electrons. The number of alkyl halides is 2. The largest absolute Gasteiger partial charge is 0.359 e. The lowest BCUT2D eigenvalue weighted by Gasteiger charge is -2.22. The molecule has 0 saturated heterocycles. The van der Waals surface area contributed by atoms with E-state index in [1.807, 2.05) is 0 Å². The van der Waals surface area contributed by atoms with Gasteiger partial charge in [-0.1, -0.05) is 18.2 Å². The monoisotopic (exact) mass is 404 g/mol. The van der Waals surface area contributed by atoms with E-state index in [0.717, 1.165) is 12.3 Å². The van der Waals surface area contributed by atoms with Crippen molar-refractivity contribution in [1.29, 1.82) is 0 Å². The summed E-state index contributed by atoms with van der Waals surface area (Å²) in [6.07, 6.45) is 2.30. The fourth-order valence-corrected chi connectivity index (χ4v) is 2.78. The molecular formula is C20H16F4N4O. The summed E-state index contributed by atoms with van der Waals surface area (Å²) in [5.41, 5.74) is 0.552. The third-order valence-electron chi connectivity index (χ3n) is 4.21. The van der Waals surface area contributed by atoms with Gasteiger partial charge in [0.1, 0.15) is 11.7 Å². The second kappa shape index (κ2) is 8.68. The van der Waals surface area contributed by atoms with Gasteiger partial charge in [-0.15, -0.1) is 0 Å². The van der Waals surface area contributed by atoms with Crippen LogP contribution in [0.4, 0.5) is 17.6 Å². The molecule has 0 amide bonds. The van der Waals surface area contributed by atoms with Crippen LogP contribution in [0.1, 0.15) is 29.3 Å². The minimum Gasteiger partial charge on any atom is -0.359 e. The van der Waals surface area contributed by atoms with Crippen molar-refractivity contribution in [3.63, 3.8) is 0 Å². The molecule has 0 spiro atoms. The number of aliphatic imine (C=N–C) groups is 1. The van der Waals surface area contributed by atoms with Crippen LogP contribution in [0, 0.1) is 11.8 Å². The van der Waals surface area contributed by atoms with Crippen LogP contribution in [0.25, 0.3) is 0 Å². The van der Waals surface area contributed by atoms with Crippen molar-refractivity contribution in [3.05, 3.63) is 99.7 Å². The molecule has 0 saturated carbocycles. The van der Waals surface area contributed by atoms with E-state index < -0.39 is 29.9 Å². The van der Waals surface area contributed by atoms with Crippen molar-refractivity contribution in [3.8, 4) is 0 Å². The number of nitrogens with one attached hydrogen (secondary N) is 1. The van der Waals surface area contributed by atoms with Crippen molar-refractivity contribution in [2.75, 3.05) is 7.05 Å². The van der Waals surface area contributed by atoms with Crippen molar-refractivity contribution >= 4 is 5.84 Å². The molecule has 0 bridgehead atoms. The number of nitrogens with zero attached hydrogens (tertiary/aromatic N) is 3. The second-order valence-electron chi connectivity index (χ2n) is 6.06. The first kappa shape index (κ1) is 20.2. The van der Waals surface area contributed by atoms with E-state index in [2.05, 4.69) is 15.3 Å². The lowest BCUT2D eigenvalue weighted by Crippen LogP contribution is -2.32. The number of halogens is 4. The molecular weight excluding hydrogens is 388 g/mol. The Kier molecular flexibility index (Phi) is 6.06. The Hall–Kier alpha value is -3.49. The van der Waals surface area contributed by atoms with Gasteiger partial charge in [-0.05, 0) is 35.4 Å². The molecule has 5 nitrogen and oxygen atoms in total. The van der Waals surface area contributed by atoms with E-state index in [1.54, 1.807) is 0 Å². The number of amidine groups is 1. The fraction of sp³-hybridized carbons (Fsp3) is 0.150. The summed E-state index contributed by atoms with van der Waals surface area (Å²) in [7, 11) is 1.45. The van der Waals surface area contributed by atoms with Crippen molar-refractivity contribution in [1.82, 2.24) is 14.9 Å². The molecule has 0 aliphatic rings. The Labute approximate surface area is 163 Å². The molecule has 3 aromatic rings. The Balaban J connectivity index is 2.02. The van der Waals surface area contributed by atoms with Gasteiger partial charge in [0, 0.05) is 31.1 Å². The second-order valence-corrected chi connectivity index (χ2v) is 6.06. The number of hydrogen-bond donors (Lipinski definition) is 1. The van der Waals surface area contributed by atoms with Gasteiger partial charge in [0.15, 0.2) is 0 Å². The van der Waals surface area contributed by atoms with E-state index in [-0.39, 0.29) is 16.0 Å². The summed E-state index contributed by atoms with van der Waals surface area (Å²) in [5.74, 6) is -0.892. The first-order chi connectivity index (χ1) is 13.9. The maximum Gasteiger partial charge on any atom is 0.321 e. The van der Waals surface area contributed by atoms with Gasteiger partial charge >= 0.3 is 6.55 Å². The molecule has 0 fully saturated rings. The Bertz CT molecular complexity index is 1020.